The molecule has 0 bridgehead atoms. The summed E-state index contributed by atoms with van der Waals surface area (Å²) < 4.78 is 66.6. The molecule has 108 valence electrons. The van der Waals surface area contributed by atoms with E-state index in [0.717, 1.165) is 11.3 Å². The number of nitriles is 1. The molecule has 0 amide bonds. The molecule has 0 saturated heterocycles. The van der Waals surface area contributed by atoms with Crippen molar-refractivity contribution in [3.05, 3.63) is 57.0 Å². The third-order valence-electron chi connectivity index (χ3n) is 2.53. The van der Waals surface area contributed by atoms with E-state index in [0.29, 0.717) is 0 Å². The summed E-state index contributed by atoms with van der Waals surface area (Å²) in [6, 6.07) is 4.57. The average Bonchev–Trinajstić information content (AvgIpc) is 2.98. The molecule has 2 aromatic rings. The van der Waals surface area contributed by atoms with E-state index in [-0.39, 0.29) is 10.5 Å². The first-order valence-corrected chi connectivity index (χ1v) is 6.51. The second-order valence-corrected chi connectivity index (χ2v) is 5.05. The molecule has 0 aliphatic rings. The standard InChI is InChI=1S/C13H3ClF5NS/c14-8(5(4-20)6-2-1-3-21-6)7-9(15)11(17)13(19)12(18)10(7)16/h1-3H. The van der Waals surface area contributed by atoms with Crippen molar-refractivity contribution in [2.45, 2.75) is 0 Å². The fraction of sp³-hybridized carbons (Fsp3) is 0. The van der Waals surface area contributed by atoms with E-state index in [9.17, 15) is 22.0 Å². The largest absolute Gasteiger partial charge is 0.203 e. The van der Waals surface area contributed by atoms with Gasteiger partial charge in [0.1, 0.15) is 6.07 Å². The van der Waals surface area contributed by atoms with Crippen molar-refractivity contribution in [2.24, 2.45) is 0 Å². The summed E-state index contributed by atoms with van der Waals surface area (Å²) in [6.07, 6.45) is 0. The zero-order chi connectivity index (χ0) is 15.7. The lowest BCUT2D eigenvalue weighted by molar-refractivity contribution is 0.376. The number of rotatable bonds is 2. The summed E-state index contributed by atoms with van der Waals surface area (Å²) >= 11 is 6.73. The molecule has 0 saturated carbocycles. The normalized spacial score (nSPS) is 12.0. The number of hydrogen-bond donors (Lipinski definition) is 0. The van der Waals surface area contributed by atoms with Crippen LogP contribution in [0.25, 0.3) is 10.6 Å². The molecule has 0 fully saturated rings. The van der Waals surface area contributed by atoms with E-state index in [4.69, 9.17) is 16.9 Å². The monoisotopic (exact) mass is 335 g/mol. The lowest BCUT2D eigenvalue weighted by Gasteiger charge is -2.08. The van der Waals surface area contributed by atoms with Crippen molar-refractivity contribution in [1.29, 1.82) is 5.26 Å². The Labute approximate surface area is 124 Å². The highest BCUT2D eigenvalue weighted by atomic mass is 35.5. The van der Waals surface area contributed by atoms with Crippen LogP contribution in [0.1, 0.15) is 10.4 Å². The molecule has 1 nitrogen and oxygen atoms in total. The van der Waals surface area contributed by atoms with E-state index < -0.39 is 39.7 Å². The van der Waals surface area contributed by atoms with Crippen molar-refractivity contribution in [3.8, 4) is 6.07 Å². The SMILES string of the molecule is N#CC(=C(Cl)c1c(F)c(F)c(F)c(F)c1F)c1cccs1. The predicted molar refractivity (Wildman–Crippen MR) is 68.8 cm³/mol. The van der Waals surface area contributed by atoms with Crippen molar-refractivity contribution in [2.75, 3.05) is 0 Å². The zero-order valence-electron chi connectivity index (χ0n) is 9.86. The van der Waals surface area contributed by atoms with E-state index >= 15 is 0 Å². The maximum atomic E-state index is 13.6. The van der Waals surface area contributed by atoms with E-state index in [1.54, 1.807) is 17.5 Å². The van der Waals surface area contributed by atoms with Gasteiger partial charge in [0.15, 0.2) is 23.3 Å². The smallest absolute Gasteiger partial charge is 0.200 e. The number of allylic oxidation sites excluding steroid dienone is 1. The average molecular weight is 336 g/mol. The molecule has 0 atom stereocenters. The van der Waals surface area contributed by atoms with Gasteiger partial charge in [-0.3, -0.25) is 0 Å². The second kappa shape index (κ2) is 5.84. The van der Waals surface area contributed by atoms with Crippen LogP contribution in [0.4, 0.5) is 22.0 Å². The molecular weight excluding hydrogens is 333 g/mol. The van der Waals surface area contributed by atoms with Gasteiger partial charge in [-0.1, -0.05) is 17.7 Å². The minimum absolute atomic E-state index is 0.242. The van der Waals surface area contributed by atoms with Crippen LogP contribution in [-0.4, -0.2) is 0 Å². The first kappa shape index (κ1) is 15.5. The Balaban J connectivity index is 2.81. The van der Waals surface area contributed by atoms with Gasteiger partial charge in [-0.15, -0.1) is 11.3 Å². The van der Waals surface area contributed by atoms with Gasteiger partial charge in [0.05, 0.1) is 16.2 Å². The Morgan fingerprint density at radius 3 is 1.95 bits per heavy atom. The molecule has 0 spiro atoms. The Morgan fingerprint density at radius 1 is 1.00 bits per heavy atom. The number of thiophene rings is 1. The van der Waals surface area contributed by atoms with Crippen LogP contribution in [0.15, 0.2) is 17.5 Å². The third-order valence-corrected chi connectivity index (χ3v) is 3.79. The lowest BCUT2D eigenvalue weighted by atomic mass is 10.1. The molecule has 0 aliphatic heterocycles. The van der Waals surface area contributed by atoms with Crippen LogP contribution in [-0.2, 0) is 0 Å². The Bertz CT molecular complexity index is 748. The summed E-state index contributed by atoms with van der Waals surface area (Å²) in [7, 11) is 0. The molecule has 1 aromatic carbocycles. The first-order chi connectivity index (χ1) is 9.90. The van der Waals surface area contributed by atoms with Gasteiger partial charge in [0.2, 0.25) is 5.82 Å². The topological polar surface area (TPSA) is 23.8 Å². The Hall–Kier alpha value is -1.91. The lowest BCUT2D eigenvalue weighted by Crippen LogP contribution is -2.06. The molecule has 1 heterocycles. The maximum absolute atomic E-state index is 13.6. The van der Waals surface area contributed by atoms with Crippen molar-refractivity contribution >= 4 is 33.5 Å². The van der Waals surface area contributed by atoms with Gasteiger partial charge < -0.3 is 0 Å². The molecule has 21 heavy (non-hydrogen) atoms. The Morgan fingerprint density at radius 2 is 1.52 bits per heavy atom. The summed E-state index contributed by atoms with van der Waals surface area (Å²) in [5.41, 5.74) is -1.70. The third kappa shape index (κ3) is 2.52. The summed E-state index contributed by atoms with van der Waals surface area (Å²) in [6.45, 7) is 0. The highest BCUT2D eigenvalue weighted by molar-refractivity contribution is 7.11. The Kier molecular flexibility index (Phi) is 4.30. The second-order valence-electron chi connectivity index (χ2n) is 3.72. The van der Waals surface area contributed by atoms with E-state index in [1.165, 1.54) is 6.07 Å². The van der Waals surface area contributed by atoms with Gasteiger partial charge in [-0.2, -0.15) is 5.26 Å². The van der Waals surface area contributed by atoms with Crippen LogP contribution in [0, 0.1) is 40.4 Å². The molecule has 1 aromatic heterocycles. The number of benzene rings is 1. The van der Waals surface area contributed by atoms with Gasteiger partial charge in [-0.05, 0) is 11.4 Å². The zero-order valence-corrected chi connectivity index (χ0v) is 11.4. The summed E-state index contributed by atoms with van der Waals surface area (Å²) in [5.74, 6) is -10.7. The number of nitrogens with zero attached hydrogens (tertiary/aromatic N) is 1. The first-order valence-electron chi connectivity index (χ1n) is 5.25. The fourth-order valence-corrected chi connectivity index (χ4v) is 2.65. The number of halogens is 6. The molecule has 0 aliphatic carbocycles. The fourth-order valence-electron chi connectivity index (χ4n) is 1.56. The predicted octanol–water partition coefficient (Wildman–Crippen LogP) is 5.07. The van der Waals surface area contributed by atoms with Gasteiger partial charge in [0.25, 0.3) is 0 Å². The van der Waals surface area contributed by atoms with Crippen LogP contribution < -0.4 is 0 Å². The summed E-state index contributed by atoms with van der Waals surface area (Å²) in [5, 5.41) is 9.74. The van der Waals surface area contributed by atoms with E-state index in [1.807, 2.05) is 0 Å². The molecular formula is C13H3ClF5NS. The molecule has 2 rings (SSSR count). The van der Waals surface area contributed by atoms with E-state index in [2.05, 4.69) is 0 Å². The minimum atomic E-state index is -2.28. The van der Waals surface area contributed by atoms with Crippen LogP contribution in [0.3, 0.4) is 0 Å². The number of hydrogen-bond acceptors (Lipinski definition) is 2. The van der Waals surface area contributed by atoms with Crippen molar-refractivity contribution in [3.63, 3.8) is 0 Å². The maximum Gasteiger partial charge on any atom is 0.200 e. The van der Waals surface area contributed by atoms with Crippen molar-refractivity contribution in [1.82, 2.24) is 0 Å². The molecule has 0 radical (unpaired) electrons. The molecule has 0 N–H and O–H groups in total. The highest BCUT2D eigenvalue weighted by Gasteiger charge is 2.28. The molecule has 0 unspecified atom stereocenters. The van der Waals surface area contributed by atoms with Gasteiger partial charge in [-0.25, -0.2) is 22.0 Å². The van der Waals surface area contributed by atoms with Crippen LogP contribution in [0.5, 0.6) is 0 Å². The molecule has 8 heteroatoms. The quantitative estimate of drug-likeness (QED) is 0.325. The van der Waals surface area contributed by atoms with Gasteiger partial charge >= 0.3 is 0 Å². The van der Waals surface area contributed by atoms with Crippen molar-refractivity contribution < 1.29 is 22.0 Å². The van der Waals surface area contributed by atoms with Crippen LogP contribution in [0.2, 0.25) is 0 Å². The van der Waals surface area contributed by atoms with Crippen LogP contribution >= 0.6 is 22.9 Å². The highest BCUT2D eigenvalue weighted by Crippen LogP contribution is 2.36. The minimum Gasteiger partial charge on any atom is -0.203 e. The van der Waals surface area contributed by atoms with Gasteiger partial charge in [0, 0.05) is 4.88 Å². The summed E-state index contributed by atoms with van der Waals surface area (Å²) in [4.78, 5) is 0.242.